The van der Waals surface area contributed by atoms with Crippen molar-refractivity contribution in [1.82, 2.24) is 5.32 Å². The van der Waals surface area contributed by atoms with Crippen LogP contribution in [-0.2, 0) is 22.3 Å². The van der Waals surface area contributed by atoms with Gasteiger partial charge in [-0.1, -0.05) is 60.7 Å². The molecule has 3 heteroatoms. The fourth-order valence-electron chi connectivity index (χ4n) is 2.60. The van der Waals surface area contributed by atoms with Crippen molar-refractivity contribution in [3.05, 3.63) is 71.8 Å². The van der Waals surface area contributed by atoms with E-state index in [1.165, 1.54) is 11.1 Å². The van der Waals surface area contributed by atoms with Gasteiger partial charge in [0.2, 0.25) is 0 Å². The monoisotopic (exact) mass is 313 g/mol. The summed E-state index contributed by atoms with van der Waals surface area (Å²) in [6.07, 6.45) is 1.55. The number of hydrogen-bond donors (Lipinski definition) is 1. The Balaban J connectivity index is 1.98. The molecule has 0 aliphatic heterocycles. The lowest BCUT2D eigenvalue weighted by Crippen LogP contribution is -2.44. The van der Waals surface area contributed by atoms with Gasteiger partial charge in [0, 0.05) is 26.1 Å². The zero-order chi connectivity index (χ0) is 16.3. The molecule has 0 aliphatic carbocycles. The van der Waals surface area contributed by atoms with Crippen LogP contribution >= 0.6 is 0 Å². The van der Waals surface area contributed by atoms with E-state index in [2.05, 4.69) is 53.8 Å². The molecule has 0 spiro atoms. The quantitative estimate of drug-likeness (QED) is 0.677. The lowest BCUT2D eigenvalue weighted by atomic mass is 10.1. The standard InChI is InChI=1S/C20H27NO2/c1-3-22-19(15-17-11-7-5-8-12-17)21-20(23-4-2)16-18-13-9-6-10-14-18/h5-14,19-21H,3-4,15-16H2,1-2H3. The van der Waals surface area contributed by atoms with Crippen LogP contribution in [0.2, 0.25) is 0 Å². The van der Waals surface area contributed by atoms with Gasteiger partial charge >= 0.3 is 0 Å². The van der Waals surface area contributed by atoms with E-state index >= 15 is 0 Å². The molecular formula is C20H27NO2. The highest BCUT2D eigenvalue weighted by Gasteiger charge is 2.16. The van der Waals surface area contributed by atoms with Crippen molar-refractivity contribution in [2.24, 2.45) is 0 Å². The highest BCUT2D eigenvalue weighted by Crippen LogP contribution is 2.09. The third kappa shape index (κ3) is 6.53. The Morgan fingerprint density at radius 3 is 1.43 bits per heavy atom. The molecule has 0 bridgehead atoms. The zero-order valence-corrected chi connectivity index (χ0v) is 14.1. The average molecular weight is 313 g/mol. The van der Waals surface area contributed by atoms with Crippen LogP contribution in [0.3, 0.4) is 0 Å². The largest absolute Gasteiger partial charge is 0.363 e. The lowest BCUT2D eigenvalue weighted by Gasteiger charge is -2.26. The van der Waals surface area contributed by atoms with Crippen molar-refractivity contribution in [2.75, 3.05) is 13.2 Å². The van der Waals surface area contributed by atoms with Gasteiger partial charge < -0.3 is 9.47 Å². The Bertz CT molecular complexity index is 480. The van der Waals surface area contributed by atoms with Crippen LogP contribution in [0, 0.1) is 0 Å². The molecule has 0 fully saturated rings. The molecule has 0 heterocycles. The van der Waals surface area contributed by atoms with E-state index < -0.39 is 0 Å². The number of benzene rings is 2. The first-order valence-corrected chi connectivity index (χ1v) is 8.39. The number of nitrogens with one attached hydrogen (secondary N) is 1. The van der Waals surface area contributed by atoms with Crippen molar-refractivity contribution < 1.29 is 9.47 Å². The first-order valence-electron chi connectivity index (χ1n) is 8.39. The summed E-state index contributed by atoms with van der Waals surface area (Å²) in [5.74, 6) is 0. The fourth-order valence-corrected chi connectivity index (χ4v) is 2.60. The Kier molecular flexibility index (Phi) is 7.81. The molecule has 1 N–H and O–H groups in total. The van der Waals surface area contributed by atoms with E-state index in [1.807, 2.05) is 26.0 Å². The maximum atomic E-state index is 5.87. The normalized spacial score (nSPS) is 13.7. The van der Waals surface area contributed by atoms with Crippen LogP contribution in [0.15, 0.2) is 60.7 Å². The highest BCUT2D eigenvalue weighted by molar-refractivity contribution is 5.16. The van der Waals surface area contributed by atoms with Gasteiger partial charge in [-0.3, -0.25) is 5.32 Å². The highest BCUT2D eigenvalue weighted by atomic mass is 16.5. The van der Waals surface area contributed by atoms with Gasteiger partial charge in [-0.15, -0.1) is 0 Å². The molecule has 2 atom stereocenters. The molecule has 0 radical (unpaired) electrons. The summed E-state index contributed by atoms with van der Waals surface area (Å²) in [7, 11) is 0. The summed E-state index contributed by atoms with van der Waals surface area (Å²) >= 11 is 0. The van der Waals surface area contributed by atoms with Gasteiger partial charge in [-0.05, 0) is 25.0 Å². The molecule has 3 nitrogen and oxygen atoms in total. The molecule has 2 unspecified atom stereocenters. The summed E-state index contributed by atoms with van der Waals surface area (Å²) in [6.45, 7) is 5.39. The Labute approximate surface area is 139 Å². The number of ether oxygens (including phenoxy) is 2. The fraction of sp³-hybridized carbons (Fsp3) is 0.400. The van der Waals surface area contributed by atoms with Gasteiger partial charge in [-0.2, -0.15) is 0 Å². The Morgan fingerprint density at radius 1 is 0.696 bits per heavy atom. The van der Waals surface area contributed by atoms with E-state index in [1.54, 1.807) is 0 Å². The minimum atomic E-state index is -0.0531. The van der Waals surface area contributed by atoms with E-state index in [4.69, 9.17) is 9.47 Å². The van der Waals surface area contributed by atoms with Gasteiger partial charge in [0.05, 0.1) is 0 Å². The molecule has 0 saturated carbocycles. The molecule has 2 rings (SSSR count). The molecule has 2 aromatic rings. The lowest BCUT2D eigenvalue weighted by molar-refractivity contribution is -0.0381. The minimum Gasteiger partial charge on any atom is -0.363 e. The van der Waals surface area contributed by atoms with Crippen LogP contribution in [0.1, 0.15) is 25.0 Å². The van der Waals surface area contributed by atoms with Crippen LogP contribution in [-0.4, -0.2) is 25.7 Å². The molecule has 0 aliphatic rings. The minimum absolute atomic E-state index is 0.0531. The second-order valence-corrected chi connectivity index (χ2v) is 5.43. The van der Waals surface area contributed by atoms with Crippen LogP contribution < -0.4 is 5.32 Å². The second kappa shape index (κ2) is 10.2. The predicted octanol–water partition coefficient (Wildman–Crippen LogP) is 3.79. The summed E-state index contributed by atoms with van der Waals surface area (Å²) in [6, 6.07) is 20.8. The third-order valence-corrected chi connectivity index (χ3v) is 3.64. The van der Waals surface area contributed by atoms with Gasteiger partial charge in [-0.25, -0.2) is 0 Å². The van der Waals surface area contributed by atoms with Crippen molar-refractivity contribution in [1.29, 1.82) is 0 Å². The first kappa shape index (κ1) is 17.7. The Hall–Kier alpha value is -1.68. The van der Waals surface area contributed by atoms with Crippen molar-refractivity contribution >= 4 is 0 Å². The topological polar surface area (TPSA) is 30.5 Å². The van der Waals surface area contributed by atoms with E-state index in [9.17, 15) is 0 Å². The third-order valence-electron chi connectivity index (χ3n) is 3.64. The van der Waals surface area contributed by atoms with E-state index in [0.717, 1.165) is 12.8 Å². The first-order chi connectivity index (χ1) is 11.3. The molecule has 0 aromatic heterocycles. The molecule has 2 aromatic carbocycles. The predicted molar refractivity (Wildman–Crippen MR) is 94.3 cm³/mol. The van der Waals surface area contributed by atoms with E-state index in [0.29, 0.717) is 13.2 Å². The zero-order valence-electron chi connectivity index (χ0n) is 14.1. The van der Waals surface area contributed by atoms with Crippen LogP contribution in [0.25, 0.3) is 0 Å². The van der Waals surface area contributed by atoms with E-state index in [-0.39, 0.29) is 12.5 Å². The molecular weight excluding hydrogens is 286 g/mol. The number of hydrogen-bond acceptors (Lipinski definition) is 3. The average Bonchev–Trinajstić information content (AvgIpc) is 2.57. The SMILES string of the molecule is CCOC(Cc1ccccc1)NC(Cc1ccccc1)OCC. The smallest absolute Gasteiger partial charge is 0.114 e. The van der Waals surface area contributed by atoms with Gasteiger partial charge in [0.25, 0.3) is 0 Å². The molecule has 23 heavy (non-hydrogen) atoms. The summed E-state index contributed by atoms with van der Waals surface area (Å²) in [4.78, 5) is 0. The maximum absolute atomic E-state index is 5.87. The van der Waals surface area contributed by atoms with Gasteiger partial charge in [0.1, 0.15) is 12.5 Å². The van der Waals surface area contributed by atoms with Gasteiger partial charge in [0.15, 0.2) is 0 Å². The molecule has 0 saturated heterocycles. The summed E-state index contributed by atoms with van der Waals surface area (Å²) in [5, 5.41) is 3.51. The summed E-state index contributed by atoms with van der Waals surface area (Å²) < 4.78 is 11.7. The van der Waals surface area contributed by atoms with Crippen molar-refractivity contribution in [3.8, 4) is 0 Å². The van der Waals surface area contributed by atoms with Crippen LogP contribution in [0.4, 0.5) is 0 Å². The molecule has 0 amide bonds. The van der Waals surface area contributed by atoms with Crippen molar-refractivity contribution in [2.45, 2.75) is 39.1 Å². The Morgan fingerprint density at radius 2 is 1.09 bits per heavy atom. The van der Waals surface area contributed by atoms with Crippen LogP contribution in [0.5, 0.6) is 0 Å². The molecule has 124 valence electrons. The number of rotatable bonds is 10. The van der Waals surface area contributed by atoms with Crippen molar-refractivity contribution in [3.63, 3.8) is 0 Å². The second-order valence-electron chi connectivity index (χ2n) is 5.43. The summed E-state index contributed by atoms with van der Waals surface area (Å²) in [5.41, 5.74) is 2.52. The maximum Gasteiger partial charge on any atom is 0.114 e.